The first-order chi connectivity index (χ1) is 13.4. The largest absolute Gasteiger partial charge is 0.492 e. The fourth-order valence-corrected chi connectivity index (χ4v) is 3.85. The number of aryl methyl sites for hydroxylation is 1. The third-order valence-electron chi connectivity index (χ3n) is 4.58. The normalized spacial score (nSPS) is 14.5. The summed E-state index contributed by atoms with van der Waals surface area (Å²) in [6.07, 6.45) is 3.61. The van der Waals surface area contributed by atoms with E-state index in [-0.39, 0.29) is 6.10 Å². The zero-order chi connectivity index (χ0) is 20.1. The molecule has 1 fully saturated rings. The first-order valence-corrected chi connectivity index (χ1v) is 10.4. The second-order valence-corrected chi connectivity index (χ2v) is 8.01. The Morgan fingerprint density at radius 1 is 1.32 bits per heavy atom. The van der Waals surface area contributed by atoms with Gasteiger partial charge in [0.15, 0.2) is 0 Å². The minimum Gasteiger partial charge on any atom is -0.492 e. The molecule has 8 heteroatoms. The zero-order valence-corrected chi connectivity index (χ0v) is 18.2. The number of amides is 1. The van der Waals surface area contributed by atoms with Gasteiger partial charge in [-0.3, -0.25) is 14.9 Å². The quantitative estimate of drug-likeness (QED) is 0.681. The van der Waals surface area contributed by atoms with Crippen LogP contribution in [0.5, 0.6) is 5.75 Å². The first kappa shape index (κ1) is 20.7. The van der Waals surface area contributed by atoms with Gasteiger partial charge < -0.3 is 9.47 Å². The Kier molecular flexibility index (Phi) is 6.96. The Morgan fingerprint density at radius 2 is 2.07 bits per heavy atom. The summed E-state index contributed by atoms with van der Waals surface area (Å²) in [6.45, 7) is 7.44. The summed E-state index contributed by atoms with van der Waals surface area (Å²) in [5, 5.41) is 7.07. The highest BCUT2D eigenvalue weighted by atomic mass is 79.9. The Bertz CT molecular complexity index is 796. The van der Waals surface area contributed by atoms with Crippen molar-refractivity contribution < 1.29 is 14.3 Å². The highest BCUT2D eigenvalue weighted by Gasteiger charge is 2.17. The monoisotopic (exact) mass is 450 g/mol. The maximum atomic E-state index is 12.0. The van der Waals surface area contributed by atoms with Crippen molar-refractivity contribution in [2.45, 2.75) is 32.8 Å². The Labute approximate surface area is 174 Å². The lowest BCUT2D eigenvalue weighted by molar-refractivity contribution is 0.130. The third-order valence-corrected chi connectivity index (χ3v) is 5.16. The van der Waals surface area contributed by atoms with E-state index in [0.29, 0.717) is 12.3 Å². The molecule has 0 saturated carbocycles. The van der Waals surface area contributed by atoms with Crippen LogP contribution in [0.4, 0.5) is 10.5 Å². The molecule has 1 aromatic heterocycles. The van der Waals surface area contributed by atoms with Crippen LogP contribution in [0, 0.1) is 0 Å². The fourth-order valence-electron chi connectivity index (χ4n) is 3.28. The number of anilines is 1. The van der Waals surface area contributed by atoms with Crippen molar-refractivity contribution in [3.8, 4) is 17.0 Å². The molecule has 0 unspecified atom stereocenters. The van der Waals surface area contributed by atoms with Gasteiger partial charge in [-0.2, -0.15) is 5.10 Å². The number of aromatic nitrogens is 2. The molecule has 28 heavy (non-hydrogen) atoms. The van der Waals surface area contributed by atoms with Gasteiger partial charge in [-0.15, -0.1) is 0 Å². The van der Waals surface area contributed by atoms with E-state index in [2.05, 4.69) is 31.2 Å². The number of carbonyl (C=O) groups excluding carboxylic acids is 1. The van der Waals surface area contributed by atoms with E-state index in [0.717, 1.165) is 41.1 Å². The van der Waals surface area contributed by atoms with Crippen LogP contribution in [-0.2, 0) is 11.8 Å². The van der Waals surface area contributed by atoms with E-state index in [1.165, 1.54) is 12.8 Å². The molecule has 0 radical (unpaired) electrons. The number of ether oxygens (including phenoxy) is 2. The standard InChI is InChI=1S/C20H27BrN4O3/c1-14(2)28-20(26)23-15-6-7-18(27-11-10-25-8-4-5-9-25)16(12-15)19-17(21)13-22-24(19)3/h6-7,12-14H,4-5,8-11H2,1-3H3,(H,23,26). The number of hydrogen-bond acceptors (Lipinski definition) is 5. The molecule has 0 aliphatic carbocycles. The van der Waals surface area contributed by atoms with Crippen molar-refractivity contribution in [3.05, 3.63) is 28.9 Å². The van der Waals surface area contributed by atoms with Crippen molar-refractivity contribution in [1.82, 2.24) is 14.7 Å². The van der Waals surface area contributed by atoms with Gasteiger partial charge in [-0.25, -0.2) is 4.79 Å². The molecule has 1 amide bonds. The SMILES string of the molecule is CC(C)OC(=O)Nc1ccc(OCCN2CCCC2)c(-c2c(Br)cnn2C)c1. The minimum atomic E-state index is -0.479. The summed E-state index contributed by atoms with van der Waals surface area (Å²) >= 11 is 3.56. The molecule has 1 aromatic carbocycles. The Morgan fingerprint density at radius 3 is 2.71 bits per heavy atom. The van der Waals surface area contributed by atoms with Crippen LogP contribution >= 0.6 is 15.9 Å². The number of rotatable bonds is 7. The molecule has 1 aliphatic rings. The second-order valence-electron chi connectivity index (χ2n) is 7.15. The topological polar surface area (TPSA) is 68.6 Å². The number of likely N-dealkylation sites (tertiary alicyclic amines) is 1. The summed E-state index contributed by atoms with van der Waals surface area (Å²) in [5.41, 5.74) is 2.38. The van der Waals surface area contributed by atoms with Crippen LogP contribution in [0.15, 0.2) is 28.9 Å². The summed E-state index contributed by atoms with van der Waals surface area (Å²) in [7, 11) is 1.88. The average Bonchev–Trinajstić information content (AvgIpc) is 3.25. The van der Waals surface area contributed by atoms with Crippen LogP contribution < -0.4 is 10.1 Å². The summed E-state index contributed by atoms with van der Waals surface area (Å²) < 4.78 is 13.9. The predicted octanol–water partition coefficient (Wildman–Crippen LogP) is 4.28. The van der Waals surface area contributed by atoms with Gasteiger partial charge >= 0.3 is 6.09 Å². The van der Waals surface area contributed by atoms with Crippen LogP contribution in [0.25, 0.3) is 11.3 Å². The summed E-state index contributed by atoms with van der Waals surface area (Å²) in [5.74, 6) is 0.756. The molecule has 1 saturated heterocycles. The van der Waals surface area contributed by atoms with E-state index in [1.807, 2.05) is 39.1 Å². The highest BCUT2D eigenvalue weighted by molar-refractivity contribution is 9.10. The van der Waals surface area contributed by atoms with E-state index in [1.54, 1.807) is 10.9 Å². The van der Waals surface area contributed by atoms with Crippen LogP contribution in [0.1, 0.15) is 26.7 Å². The molecular weight excluding hydrogens is 424 g/mol. The number of nitrogens with one attached hydrogen (secondary N) is 1. The fraction of sp³-hybridized carbons (Fsp3) is 0.500. The van der Waals surface area contributed by atoms with Gasteiger partial charge in [-0.05, 0) is 73.9 Å². The Balaban J connectivity index is 1.80. The Hall–Kier alpha value is -2.06. The maximum Gasteiger partial charge on any atom is 0.411 e. The number of halogens is 1. The molecule has 0 atom stereocenters. The van der Waals surface area contributed by atoms with Gasteiger partial charge in [0.1, 0.15) is 12.4 Å². The second kappa shape index (κ2) is 9.43. The molecule has 0 bridgehead atoms. The lowest BCUT2D eigenvalue weighted by Gasteiger charge is -2.18. The molecule has 2 aromatic rings. The smallest absolute Gasteiger partial charge is 0.411 e. The number of nitrogens with zero attached hydrogens (tertiary/aromatic N) is 3. The van der Waals surface area contributed by atoms with Gasteiger partial charge in [0.05, 0.1) is 22.5 Å². The van der Waals surface area contributed by atoms with Crippen molar-refractivity contribution in [1.29, 1.82) is 0 Å². The summed E-state index contributed by atoms with van der Waals surface area (Å²) in [4.78, 5) is 14.4. The minimum absolute atomic E-state index is 0.182. The van der Waals surface area contributed by atoms with Crippen molar-refractivity contribution in [2.75, 3.05) is 31.6 Å². The van der Waals surface area contributed by atoms with E-state index >= 15 is 0 Å². The van der Waals surface area contributed by atoms with Gasteiger partial charge in [0.2, 0.25) is 0 Å². The van der Waals surface area contributed by atoms with Crippen LogP contribution in [0.2, 0.25) is 0 Å². The van der Waals surface area contributed by atoms with E-state index < -0.39 is 6.09 Å². The first-order valence-electron chi connectivity index (χ1n) is 9.58. The average molecular weight is 451 g/mol. The van der Waals surface area contributed by atoms with Gasteiger partial charge in [0.25, 0.3) is 0 Å². The lowest BCUT2D eigenvalue weighted by atomic mass is 10.1. The molecule has 2 heterocycles. The van der Waals surface area contributed by atoms with Gasteiger partial charge in [0, 0.05) is 24.8 Å². The maximum absolute atomic E-state index is 12.0. The molecule has 3 rings (SSSR count). The lowest BCUT2D eigenvalue weighted by Crippen LogP contribution is -2.25. The third kappa shape index (κ3) is 5.26. The molecule has 1 N–H and O–H groups in total. The van der Waals surface area contributed by atoms with E-state index in [4.69, 9.17) is 9.47 Å². The van der Waals surface area contributed by atoms with Crippen molar-refractivity contribution in [2.24, 2.45) is 7.05 Å². The molecule has 1 aliphatic heterocycles. The van der Waals surface area contributed by atoms with Crippen molar-refractivity contribution >= 4 is 27.7 Å². The molecule has 7 nitrogen and oxygen atoms in total. The number of benzene rings is 1. The highest BCUT2D eigenvalue weighted by Crippen LogP contribution is 2.36. The number of carbonyl (C=O) groups is 1. The molecule has 152 valence electrons. The summed E-state index contributed by atoms with van der Waals surface area (Å²) in [6, 6.07) is 5.58. The van der Waals surface area contributed by atoms with Crippen LogP contribution in [0.3, 0.4) is 0 Å². The van der Waals surface area contributed by atoms with Crippen LogP contribution in [-0.4, -0.2) is 53.1 Å². The predicted molar refractivity (Wildman–Crippen MR) is 113 cm³/mol. The van der Waals surface area contributed by atoms with Gasteiger partial charge in [-0.1, -0.05) is 0 Å². The zero-order valence-electron chi connectivity index (χ0n) is 16.6. The van der Waals surface area contributed by atoms with E-state index in [9.17, 15) is 4.79 Å². The molecule has 0 spiro atoms. The number of hydrogen-bond donors (Lipinski definition) is 1. The molecular formula is C20H27BrN4O3. The van der Waals surface area contributed by atoms with Crippen molar-refractivity contribution in [3.63, 3.8) is 0 Å².